The number of fused-ring (bicyclic) bond motifs is 4. The number of rotatable bonds is 4. The molecule has 0 radical (unpaired) electrons. The lowest BCUT2D eigenvalue weighted by atomic mass is 9.32. The molecule has 0 saturated carbocycles. The Kier molecular flexibility index (Phi) is 6.14. The average Bonchev–Trinajstić information content (AvgIpc) is 3.25. The fourth-order valence-corrected chi connectivity index (χ4v) is 9.54. The van der Waals surface area contributed by atoms with Crippen LogP contribution in [0.15, 0.2) is 188 Å². The van der Waals surface area contributed by atoms with Crippen LogP contribution in [0.2, 0.25) is 0 Å². The van der Waals surface area contributed by atoms with E-state index in [1.807, 2.05) is 0 Å². The van der Waals surface area contributed by atoms with E-state index in [4.69, 9.17) is 4.74 Å². The largest absolute Gasteiger partial charge is 0.457 e. The molecule has 0 N–H and O–H groups in total. The van der Waals surface area contributed by atoms with Crippen LogP contribution in [0.4, 0.5) is 34.1 Å². The van der Waals surface area contributed by atoms with Gasteiger partial charge in [-0.1, -0.05) is 152 Å². The predicted molar refractivity (Wildman–Crippen MR) is 226 cm³/mol. The highest BCUT2D eigenvalue weighted by Gasteiger charge is 2.51. The topological polar surface area (TPSA) is 15.7 Å². The number of ether oxygens (including phenoxy) is 1. The van der Waals surface area contributed by atoms with Crippen molar-refractivity contribution in [2.45, 2.75) is 0 Å². The van der Waals surface area contributed by atoms with Crippen LogP contribution < -0.4 is 30.9 Å². The lowest BCUT2D eigenvalue weighted by molar-refractivity contribution is 0.499. The normalized spacial score (nSPS) is 13.2. The van der Waals surface area contributed by atoms with Crippen LogP contribution in [0.3, 0.4) is 0 Å². The summed E-state index contributed by atoms with van der Waals surface area (Å²) in [5.74, 6) is 1.88. The van der Waals surface area contributed by atoms with Crippen molar-refractivity contribution in [2.24, 2.45) is 0 Å². The zero-order chi connectivity index (χ0) is 35.3. The molecule has 0 fully saturated rings. The van der Waals surface area contributed by atoms with Gasteiger partial charge in [-0.25, -0.2) is 0 Å². The van der Waals surface area contributed by atoms with E-state index in [1.165, 1.54) is 72.2 Å². The summed E-state index contributed by atoms with van der Waals surface area (Å²) < 4.78 is 7.57. The number of nitrogens with zero attached hydrogens (tertiary/aromatic N) is 2. The van der Waals surface area contributed by atoms with Crippen molar-refractivity contribution in [2.75, 3.05) is 9.80 Å². The van der Waals surface area contributed by atoms with Crippen molar-refractivity contribution in [1.82, 2.24) is 0 Å². The molecule has 4 heteroatoms. The maximum absolute atomic E-state index is 7.57. The monoisotopic (exact) mass is 686 g/mol. The third kappa shape index (κ3) is 3.92. The zero-order valence-electron chi connectivity index (χ0n) is 29.3. The molecule has 3 aliphatic heterocycles. The first-order valence-electron chi connectivity index (χ1n) is 18.7. The van der Waals surface area contributed by atoms with Gasteiger partial charge in [-0.05, 0) is 74.7 Å². The first-order chi connectivity index (χ1) is 26.9. The average molecular weight is 687 g/mol. The second-order valence-corrected chi connectivity index (χ2v) is 14.3. The lowest BCUT2D eigenvalue weighted by Gasteiger charge is -2.48. The first kappa shape index (κ1) is 29.5. The summed E-state index contributed by atoms with van der Waals surface area (Å²) in [6.45, 7) is -0.0842. The molecule has 12 rings (SSSR count). The van der Waals surface area contributed by atoms with Gasteiger partial charge in [0.2, 0.25) is 0 Å². The quantitative estimate of drug-likeness (QED) is 0.171. The molecule has 0 spiro atoms. The van der Waals surface area contributed by atoms with Crippen LogP contribution in [0.1, 0.15) is 0 Å². The van der Waals surface area contributed by atoms with E-state index >= 15 is 0 Å². The lowest BCUT2D eigenvalue weighted by Crippen LogP contribution is -2.63. The van der Waals surface area contributed by atoms with Gasteiger partial charge < -0.3 is 14.5 Å². The Balaban J connectivity index is 1.33. The number of hydrogen-bond acceptors (Lipinski definition) is 3. The van der Waals surface area contributed by atoms with Crippen molar-refractivity contribution in [3.63, 3.8) is 0 Å². The number of benzene rings is 9. The van der Waals surface area contributed by atoms with E-state index in [0.29, 0.717) is 0 Å². The number of anilines is 6. The van der Waals surface area contributed by atoms with Gasteiger partial charge in [-0.2, -0.15) is 0 Å². The van der Waals surface area contributed by atoms with Crippen LogP contribution in [0.5, 0.6) is 11.5 Å². The minimum absolute atomic E-state index is 0.0842. The Hall–Kier alpha value is -7.04. The molecular formula is C50H31BN2O. The highest BCUT2D eigenvalue weighted by molar-refractivity contribution is 7.02. The highest BCUT2D eigenvalue weighted by atomic mass is 16.5. The van der Waals surface area contributed by atoms with Crippen molar-refractivity contribution < 1.29 is 4.74 Å². The molecule has 0 aromatic heterocycles. The summed E-state index contributed by atoms with van der Waals surface area (Å²) in [5.41, 5.74) is 15.5. The van der Waals surface area contributed by atoms with Crippen molar-refractivity contribution in [3.8, 4) is 33.8 Å². The second kappa shape index (κ2) is 11.2. The standard InChI is InChI=1S/C50H31BN2O/c1-5-18-32(19-6-1)42-36-26-13-15-28-38(36)49-45-47(42)52(34-22-9-3-10-23-34)40-30-17-31-41-44(40)51(45)46-48(53(41)35-24-11-4-12-25-35)43(33-20-7-2-8-21-33)37-27-14-16-29-39(37)50(46)54-49/h1-31H. The Bertz CT molecular complexity index is 2770. The SMILES string of the molecule is c1ccc(-c2c3c4c(c5ccccc25)Oc2c5c(c(-c6ccccc6)c6ccccc26)N(c2ccccc2)c2cccc(c2B45)N3c2ccccc2)cc1. The molecule has 3 aliphatic rings. The third-order valence-electron chi connectivity index (χ3n) is 11.6. The van der Waals surface area contributed by atoms with E-state index in [-0.39, 0.29) is 6.71 Å². The molecule has 9 aromatic rings. The predicted octanol–water partition coefficient (Wildman–Crippen LogP) is 11.5. The van der Waals surface area contributed by atoms with Gasteiger partial charge in [0.25, 0.3) is 6.71 Å². The molecule has 250 valence electrons. The third-order valence-corrected chi connectivity index (χ3v) is 11.6. The van der Waals surface area contributed by atoms with Gasteiger partial charge >= 0.3 is 0 Å². The minimum atomic E-state index is -0.0842. The molecular weight excluding hydrogens is 655 g/mol. The fourth-order valence-electron chi connectivity index (χ4n) is 9.54. The Morgan fingerprint density at radius 2 is 0.704 bits per heavy atom. The molecule has 3 heterocycles. The maximum Gasteiger partial charge on any atom is 0.262 e. The van der Waals surface area contributed by atoms with Gasteiger partial charge in [0.1, 0.15) is 11.5 Å². The van der Waals surface area contributed by atoms with Gasteiger partial charge in [0, 0.05) is 44.6 Å². The van der Waals surface area contributed by atoms with E-state index in [2.05, 4.69) is 198 Å². The molecule has 0 atom stereocenters. The molecule has 0 aliphatic carbocycles. The molecule has 3 nitrogen and oxygen atoms in total. The Morgan fingerprint density at radius 1 is 0.333 bits per heavy atom. The van der Waals surface area contributed by atoms with Crippen LogP contribution in [-0.4, -0.2) is 6.71 Å². The van der Waals surface area contributed by atoms with Crippen molar-refractivity contribution in [1.29, 1.82) is 0 Å². The number of para-hydroxylation sites is 2. The summed E-state index contributed by atoms with van der Waals surface area (Å²) in [6.07, 6.45) is 0. The summed E-state index contributed by atoms with van der Waals surface area (Å²) in [4.78, 5) is 5.01. The molecule has 0 saturated heterocycles. The van der Waals surface area contributed by atoms with Gasteiger partial charge in [-0.3, -0.25) is 0 Å². The molecule has 54 heavy (non-hydrogen) atoms. The maximum atomic E-state index is 7.57. The van der Waals surface area contributed by atoms with E-state index in [9.17, 15) is 0 Å². The van der Waals surface area contributed by atoms with E-state index < -0.39 is 0 Å². The zero-order valence-corrected chi connectivity index (χ0v) is 29.3. The van der Waals surface area contributed by atoms with Crippen molar-refractivity contribution >= 4 is 78.8 Å². The number of hydrogen-bond donors (Lipinski definition) is 0. The summed E-state index contributed by atoms with van der Waals surface area (Å²) in [5, 5.41) is 4.60. The Morgan fingerprint density at radius 3 is 1.13 bits per heavy atom. The molecule has 9 aromatic carbocycles. The first-order valence-corrected chi connectivity index (χ1v) is 18.7. The summed E-state index contributed by atoms with van der Waals surface area (Å²) in [7, 11) is 0. The molecule has 0 bridgehead atoms. The Labute approximate surface area is 314 Å². The van der Waals surface area contributed by atoms with Gasteiger partial charge in [-0.15, -0.1) is 0 Å². The fraction of sp³-hybridized carbons (Fsp3) is 0. The van der Waals surface area contributed by atoms with Crippen LogP contribution in [0, 0.1) is 0 Å². The van der Waals surface area contributed by atoms with Crippen molar-refractivity contribution in [3.05, 3.63) is 188 Å². The van der Waals surface area contributed by atoms with Gasteiger partial charge in [0.05, 0.1) is 11.4 Å². The van der Waals surface area contributed by atoms with Gasteiger partial charge in [0.15, 0.2) is 0 Å². The van der Waals surface area contributed by atoms with Crippen LogP contribution >= 0.6 is 0 Å². The minimum Gasteiger partial charge on any atom is -0.457 e. The highest BCUT2D eigenvalue weighted by Crippen LogP contribution is 2.56. The molecule has 0 amide bonds. The van der Waals surface area contributed by atoms with Crippen LogP contribution in [-0.2, 0) is 0 Å². The smallest absolute Gasteiger partial charge is 0.262 e. The van der Waals surface area contributed by atoms with E-state index in [1.54, 1.807) is 0 Å². The molecule has 0 unspecified atom stereocenters. The van der Waals surface area contributed by atoms with E-state index in [0.717, 1.165) is 33.6 Å². The summed E-state index contributed by atoms with van der Waals surface area (Å²) >= 11 is 0. The second-order valence-electron chi connectivity index (χ2n) is 14.3. The van der Waals surface area contributed by atoms with Crippen LogP contribution in [0.25, 0.3) is 43.8 Å². The summed E-state index contributed by atoms with van der Waals surface area (Å²) in [6, 6.07) is 68.1.